The van der Waals surface area contributed by atoms with Crippen LogP contribution in [0.5, 0.6) is 0 Å². The van der Waals surface area contributed by atoms with Gasteiger partial charge in [0, 0.05) is 17.1 Å². The summed E-state index contributed by atoms with van der Waals surface area (Å²) < 4.78 is 0.595. The van der Waals surface area contributed by atoms with Crippen molar-refractivity contribution >= 4 is 27.6 Å². The van der Waals surface area contributed by atoms with E-state index < -0.39 is 5.97 Å². The maximum atomic E-state index is 11.1. The maximum Gasteiger partial charge on any atom is 0.335 e. The molecule has 0 radical (unpaired) electrons. The summed E-state index contributed by atoms with van der Waals surface area (Å²) in [5.74, 6) is -0.972. The Labute approximate surface area is 126 Å². The number of aromatic carboxylic acids is 1. The van der Waals surface area contributed by atoms with Crippen LogP contribution in [0.4, 0.5) is 5.69 Å². The van der Waals surface area contributed by atoms with Gasteiger partial charge in [0.15, 0.2) is 0 Å². The third-order valence-corrected chi connectivity index (χ3v) is 4.35. The van der Waals surface area contributed by atoms with Gasteiger partial charge in [-0.3, -0.25) is 0 Å². The number of nitrogens with two attached hydrogens (primary N) is 1. The van der Waals surface area contributed by atoms with Crippen LogP contribution in [0.1, 0.15) is 41.6 Å². The average Bonchev–Trinajstić information content (AvgIpc) is 2.40. The van der Waals surface area contributed by atoms with Crippen molar-refractivity contribution in [2.75, 3.05) is 5.73 Å². The highest BCUT2D eigenvalue weighted by Crippen LogP contribution is 2.26. The molecule has 6 heteroatoms. The molecule has 110 valence electrons. The molecule has 0 heterocycles. The van der Waals surface area contributed by atoms with Gasteiger partial charge in [0.1, 0.15) is 0 Å². The minimum atomic E-state index is -0.972. The van der Waals surface area contributed by atoms with Crippen molar-refractivity contribution in [2.24, 2.45) is 0 Å². The number of carbonyl (C=O) groups is 1. The number of hydrogen-bond acceptors (Lipinski definition) is 4. The predicted octanol–water partition coefficient (Wildman–Crippen LogP) is 2.12. The molecule has 2 rings (SSSR count). The van der Waals surface area contributed by atoms with Crippen LogP contribution in [-0.4, -0.2) is 28.3 Å². The van der Waals surface area contributed by atoms with Gasteiger partial charge in [0.25, 0.3) is 0 Å². The summed E-state index contributed by atoms with van der Waals surface area (Å²) >= 11 is 3.28. The lowest BCUT2D eigenvalue weighted by atomic mass is 9.93. The molecule has 0 bridgehead atoms. The van der Waals surface area contributed by atoms with Crippen molar-refractivity contribution in [3.05, 3.63) is 27.7 Å². The number of benzene rings is 1. The molecule has 1 fully saturated rings. The number of halogens is 1. The lowest BCUT2D eigenvalue weighted by molar-refractivity contribution is 0.0696. The van der Waals surface area contributed by atoms with Crippen LogP contribution in [0.15, 0.2) is 16.6 Å². The second kappa shape index (κ2) is 6.56. The van der Waals surface area contributed by atoms with Crippen LogP contribution in [0, 0.1) is 0 Å². The van der Waals surface area contributed by atoms with Crippen LogP contribution < -0.4 is 11.1 Å². The van der Waals surface area contributed by atoms with Gasteiger partial charge >= 0.3 is 5.97 Å². The highest BCUT2D eigenvalue weighted by atomic mass is 79.9. The first-order chi connectivity index (χ1) is 9.47. The van der Waals surface area contributed by atoms with E-state index in [2.05, 4.69) is 21.2 Å². The van der Waals surface area contributed by atoms with Gasteiger partial charge in [0.05, 0.1) is 17.4 Å². The summed E-state index contributed by atoms with van der Waals surface area (Å²) in [4.78, 5) is 11.1. The predicted molar refractivity (Wildman–Crippen MR) is 80.6 cm³/mol. The van der Waals surface area contributed by atoms with E-state index in [-0.39, 0.29) is 17.7 Å². The molecular weight excluding hydrogens is 324 g/mol. The maximum absolute atomic E-state index is 11.1. The topological polar surface area (TPSA) is 95.6 Å². The lowest BCUT2D eigenvalue weighted by Crippen LogP contribution is -2.35. The fraction of sp³-hybridized carbons (Fsp3) is 0.500. The largest absolute Gasteiger partial charge is 0.478 e. The molecule has 1 aliphatic rings. The molecule has 0 aliphatic heterocycles. The molecule has 1 aromatic carbocycles. The van der Waals surface area contributed by atoms with Gasteiger partial charge < -0.3 is 21.3 Å². The molecular formula is C14H19BrN2O3. The number of hydrogen-bond donors (Lipinski definition) is 4. The van der Waals surface area contributed by atoms with Crippen molar-refractivity contribution in [2.45, 2.75) is 44.4 Å². The van der Waals surface area contributed by atoms with Gasteiger partial charge in [-0.2, -0.15) is 0 Å². The van der Waals surface area contributed by atoms with Gasteiger partial charge in [0.2, 0.25) is 0 Å². The van der Waals surface area contributed by atoms with Gasteiger partial charge in [-0.1, -0.05) is 0 Å². The van der Waals surface area contributed by atoms with E-state index in [1.807, 2.05) is 0 Å². The van der Waals surface area contributed by atoms with Gasteiger partial charge in [-0.05, 0) is 59.3 Å². The molecule has 5 N–H and O–H groups in total. The number of rotatable bonds is 4. The van der Waals surface area contributed by atoms with Crippen molar-refractivity contribution in [3.8, 4) is 0 Å². The zero-order valence-corrected chi connectivity index (χ0v) is 12.7. The minimum Gasteiger partial charge on any atom is -0.478 e. The molecule has 5 nitrogen and oxygen atoms in total. The average molecular weight is 343 g/mol. The smallest absolute Gasteiger partial charge is 0.335 e. The zero-order chi connectivity index (χ0) is 14.7. The summed E-state index contributed by atoms with van der Waals surface area (Å²) in [6.07, 6.45) is 3.39. The normalized spacial score (nSPS) is 22.7. The number of aliphatic hydroxyl groups is 1. The number of nitrogen functional groups attached to an aromatic ring is 1. The van der Waals surface area contributed by atoms with E-state index in [1.54, 1.807) is 6.07 Å². The van der Waals surface area contributed by atoms with Crippen molar-refractivity contribution < 1.29 is 15.0 Å². The molecule has 2 atom stereocenters. The summed E-state index contributed by atoms with van der Waals surface area (Å²) in [7, 11) is 0. The number of carboxylic acids is 1. The molecule has 0 spiro atoms. The first kappa shape index (κ1) is 15.3. The third kappa shape index (κ3) is 3.71. The molecule has 1 aliphatic carbocycles. The Hall–Kier alpha value is -1.11. The molecule has 0 unspecified atom stereocenters. The Morgan fingerprint density at radius 2 is 2.20 bits per heavy atom. The highest BCUT2D eigenvalue weighted by Gasteiger charge is 2.20. The number of carboxylic acid groups (broad SMARTS) is 1. The lowest BCUT2D eigenvalue weighted by Gasteiger charge is -2.27. The quantitative estimate of drug-likeness (QED) is 0.628. The second-order valence-electron chi connectivity index (χ2n) is 5.23. The van der Waals surface area contributed by atoms with E-state index in [1.165, 1.54) is 6.07 Å². The van der Waals surface area contributed by atoms with Crippen molar-refractivity contribution in [1.82, 2.24) is 5.32 Å². The fourth-order valence-corrected chi connectivity index (χ4v) is 3.05. The minimum absolute atomic E-state index is 0.214. The summed E-state index contributed by atoms with van der Waals surface area (Å²) in [6.45, 7) is 0.503. The summed E-state index contributed by atoms with van der Waals surface area (Å²) in [5, 5.41) is 22.1. The van der Waals surface area contributed by atoms with Crippen LogP contribution in [0.3, 0.4) is 0 Å². The van der Waals surface area contributed by atoms with Crippen LogP contribution in [-0.2, 0) is 6.54 Å². The highest BCUT2D eigenvalue weighted by molar-refractivity contribution is 9.10. The van der Waals surface area contributed by atoms with Crippen molar-refractivity contribution in [1.29, 1.82) is 0 Å². The Morgan fingerprint density at radius 1 is 1.45 bits per heavy atom. The van der Waals surface area contributed by atoms with Gasteiger partial charge in [-0.15, -0.1) is 0 Å². The number of anilines is 1. The summed E-state index contributed by atoms with van der Waals surface area (Å²) in [5.41, 5.74) is 7.50. The number of nitrogens with one attached hydrogen (secondary N) is 1. The number of aliphatic hydroxyl groups excluding tert-OH is 1. The van der Waals surface area contributed by atoms with E-state index in [4.69, 9.17) is 10.8 Å². The van der Waals surface area contributed by atoms with E-state index >= 15 is 0 Å². The zero-order valence-electron chi connectivity index (χ0n) is 11.1. The second-order valence-corrected chi connectivity index (χ2v) is 6.09. The summed E-state index contributed by atoms with van der Waals surface area (Å²) in [6, 6.07) is 3.35. The molecule has 0 amide bonds. The van der Waals surface area contributed by atoms with E-state index in [0.29, 0.717) is 16.7 Å². The van der Waals surface area contributed by atoms with Crippen molar-refractivity contribution in [3.63, 3.8) is 0 Å². The van der Waals surface area contributed by atoms with E-state index in [0.717, 1.165) is 31.2 Å². The first-order valence-electron chi connectivity index (χ1n) is 6.70. The molecule has 0 aromatic heterocycles. The molecule has 1 saturated carbocycles. The first-order valence-corrected chi connectivity index (χ1v) is 7.49. The van der Waals surface area contributed by atoms with Gasteiger partial charge in [-0.25, -0.2) is 4.79 Å². The monoisotopic (exact) mass is 342 g/mol. The molecule has 1 aromatic rings. The Balaban J connectivity index is 2.06. The molecule has 0 saturated heterocycles. The Kier molecular flexibility index (Phi) is 5.01. The Morgan fingerprint density at radius 3 is 2.85 bits per heavy atom. The van der Waals surface area contributed by atoms with Crippen LogP contribution in [0.2, 0.25) is 0 Å². The Bertz CT molecular complexity index is 507. The standard InChI is InChI=1S/C14H19BrN2O3/c15-12-5-8(14(19)20)4-9(13(12)16)7-17-10-2-1-3-11(18)6-10/h4-5,10-11,17-18H,1-3,6-7,16H2,(H,19,20)/t10-,11+/m0/s1. The molecule has 20 heavy (non-hydrogen) atoms. The fourth-order valence-electron chi connectivity index (χ4n) is 2.55. The van der Waals surface area contributed by atoms with E-state index in [9.17, 15) is 9.90 Å². The SMILES string of the molecule is Nc1c(Br)cc(C(=O)O)cc1CN[C@H]1CCC[C@@H](O)C1. The van der Waals surface area contributed by atoms with Crippen LogP contribution in [0.25, 0.3) is 0 Å². The van der Waals surface area contributed by atoms with Crippen LogP contribution >= 0.6 is 15.9 Å². The third-order valence-electron chi connectivity index (χ3n) is 3.69.